The summed E-state index contributed by atoms with van der Waals surface area (Å²) >= 11 is 1.54. The van der Waals surface area contributed by atoms with Crippen molar-refractivity contribution in [2.45, 2.75) is 112 Å². The monoisotopic (exact) mass is 743 g/mol. The first-order valence-corrected chi connectivity index (χ1v) is 20.3. The molecule has 1 fully saturated rings. The van der Waals surface area contributed by atoms with E-state index in [1.54, 1.807) is 12.1 Å². The van der Waals surface area contributed by atoms with E-state index < -0.39 is 6.04 Å². The number of aromatic nitrogens is 3. The average molecular weight is 744 g/mol. The van der Waals surface area contributed by atoms with Gasteiger partial charge in [0.1, 0.15) is 6.04 Å². The van der Waals surface area contributed by atoms with E-state index in [0.29, 0.717) is 13.0 Å². The number of methoxy groups -OCH3 is 1. The Kier molecular flexibility index (Phi) is 13.5. The van der Waals surface area contributed by atoms with E-state index >= 15 is 0 Å². The van der Waals surface area contributed by atoms with E-state index in [1.807, 2.05) is 45.1 Å². The number of carbonyl (C=O) groups is 2. The lowest BCUT2D eigenvalue weighted by molar-refractivity contribution is -0.141. The third-order valence-electron chi connectivity index (χ3n) is 10.6. The van der Waals surface area contributed by atoms with Crippen molar-refractivity contribution in [1.29, 1.82) is 0 Å². The van der Waals surface area contributed by atoms with Crippen molar-refractivity contribution in [3.63, 3.8) is 0 Å². The fourth-order valence-electron chi connectivity index (χ4n) is 8.06. The summed E-state index contributed by atoms with van der Waals surface area (Å²) in [4.78, 5) is 39.3. The molecule has 0 radical (unpaired) electrons. The lowest BCUT2D eigenvalue weighted by atomic mass is 9.80. The number of ether oxygens (including phenoxy) is 1. The number of pyridine rings is 1. The highest BCUT2D eigenvalue weighted by molar-refractivity contribution is 7.10. The van der Waals surface area contributed by atoms with Gasteiger partial charge in [0.25, 0.3) is 5.91 Å². The van der Waals surface area contributed by atoms with Gasteiger partial charge in [-0.25, -0.2) is 10.4 Å². The third kappa shape index (κ3) is 9.19. The molecular weight excluding hydrogens is 683 g/mol. The average Bonchev–Trinajstić information content (AvgIpc) is 3.72. The largest absolute Gasteiger partial charge is 0.375 e. The van der Waals surface area contributed by atoms with Crippen LogP contribution in [0.3, 0.4) is 0 Å². The smallest absolute Gasteiger partial charge is 0.259 e. The van der Waals surface area contributed by atoms with Crippen LogP contribution in [0.25, 0.3) is 33.4 Å². The molecule has 53 heavy (non-hydrogen) atoms. The van der Waals surface area contributed by atoms with Crippen LogP contribution in [-0.4, -0.2) is 82.6 Å². The van der Waals surface area contributed by atoms with Gasteiger partial charge in [0.2, 0.25) is 5.91 Å². The number of nitrogens with one attached hydrogen (secondary N) is 2. The number of benzene rings is 1. The van der Waals surface area contributed by atoms with Crippen LogP contribution in [0.5, 0.6) is 0 Å². The van der Waals surface area contributed by atoms with Crippen molar-refractivity contribution in [3.8, 4) is 22.5 Å². The van der Waals surface area contributed by atoms with Gasteiger partial charge >= 0.3 is 0 Å². The first-order valence-electron chi connectivity index (χ1n) is 19.4. The number of carbonyl (C=O) groups excluding carboxylic acids is 2. The molecular formula is C42H61N7O3S. The molecule has 2 amide bonds. The summed E-state index contributed by atoms with van der Waals surface area (Å²) < 4.78 is 8.23. The quantitative estimate of drug-likeness (QED) is 0.121. The van der Waals surface area contributed by atoms with Gasteiger partial charge in [-0.1, -0.05) is 47.1 Å². The van der Waals surface area contributed by atoms with E-state index in [-0.39, 0.29) is 35.3 Å². The topological polar surface area (TPSA) is 105 Å². The molecule has 3 aromatic heterocycles. The van der Waals surface area contributed by atoms with Crippen LogP contribution in [0.4, 0.5) is 0 Å². The molecule has 1 saturated heterocycles. The number of nitrogens with zero attached hydrogens (tertiary/aromatic N) is 5. The van der Waals surface area contributed by atoms with Crippen molar-refractivity contribution in [2.75, 3.05) is 34.3 Å². The van der Waals surface area contributed by atoms with E-state index in [9.17, 15) is 9.59 Å². The molecule has 288 valence electrons. The minimum atomic E-state index is -0.729. The minimum absolute atomic E-state index is 0.0869. The number of rotatable bonds is 16. The second kappa shape index (κ2) is 17.7. The maximum atomic E-state index is 13.9. The van der Waals surface area contributed by atoms with Crippen molar-refractivity contribution in [2.24, 2.45) is 11.3 Å². The number of aryl methyl sites for hydroxylation is 1. The summed E-state index contributed by atoms with van der Waals surface area (Å²) in [6.45, 7) is 17.5. The summed E-state index contributed by atoms with van der Waals surface area (Å²) in [7, 11) is 5.54. The highest BCUT2D eigenvalue weighted by Crippen LogP contribution is 2.42. The lowest BCUT2D eigenvalue weighted by Gasteiger charge is -2.33. The predicted molar refractivity (Wildman–Crippen MR) is 217 cm³/mol. The highest BCUT2D eigenvalue weighted by atomic mass is 32.1. The van der Waals surface area contributed by atoms with Gasteiger partial charge in [0.05, 0.1) is 34.2 Å². The van der Waals surface area contributed by atoms with Crippen molar-refractivity contribution in [1.82, 2.24) is 35.2 Å². The van der Waals surface area contributed by atoms with Gasteiger partial charge in [0.15, 0.2) is 0 Å². The maximum Gasteiger partial charge on any atom is 0.259 e. The highest BCUT2D eigenvalue weighted by Gasteiger charge is 2.33. The second-order valence-corrected chi connectivity index (χ2v) is 16.8. The van der Waals surface area contributed by atoms with Gasteiger partial charge < -0.3 is 14.6 Å². The fraction of sp³-hybridized carbons (Fsp3) is 0.571. The Labute approximate surface area is 320 Å². The molecule has 0 saturated carbocycles. The van der Waals surface area contributed by atoms with Crippen LogP contribution in [0.15, 0.2) is 41.9 Å². The van der Waals surface area contributed by atoms with Crippen LogP contribution in [0, 0.1) is 11.3 Å². The van der Waals surface area contributed by atoms with Gasteiger partial charge in [-0.2, -0.15) is 0 Å². The van der Waals surface area contributed by atoms with Crippen LogP contribution in [0.2, 0.25) is 0 Å². The van der Waals surface area contributed by atoms with Gasteiger partial charge in [-0.3, -0.25) is 24.5 Å². The van der Waals surface area contributed by atoms with E-state index in [4.69, 9.17) is 14.7 Å². The molecule has 2 N–H and O–H groups in total. The van der Waals surface area contributed by atoms with Crippen LogP contribution in [0.1, 0.15) is 96.5 Å². The third-order valence-corrected chi connectivity index (χ3v) is 11.4. The molecule has 1 aromatic carbocycles. The number of fused-ring (bicyclic) bond motifs is 1. The Hall–Kier alpha value is -3.64. The molecule has 1 aliphatic heterocycles. The van der Waals surface area contributed by atoms with Crippen molar-refractivity contribution in [3.05, 3.63) is 58.2 Å². The molecule has 10 nitrogen and oxygen atoms in total. The molecule has 5 rings (SSSR count). The first kappa shape index (κ1) is 40.5. The molecule has 1 aliphatic rings. The normalized spacial score (nSPS) is 15.7. The Bertz CT molecular complexity index is 1850. The van der Waals surface area contributed by atoms with Crippen molar-refractivity contribution < 1.29 is 14.3 Å². The number of likely N-dealkylation sites (N-methyl/N-ethyl adjacent to an activating group) is 1. The molecule has 4 heterocycles. The lowest BCUT2D eigenvalue weighted by Crippen LogP contribution is -2.58. The molecule has 3 atom stereocenters. The summed E-state index contributed by atoms with van der Waals surface area (Å²) in [5.74, 6) is -0.180. The van der Waals surface area contributed by atoms with Crippen molar-refractivity contribution >= 4 is 34.1 Å². The summed E-state index contributed by atoms with van der Waals surface area (Å²) in [5, 5.41) is 8.91. The summed E-state index contributed by atoms with van der Waals surface area (Å²) in [5.41, 5.74) is 11.0. The van der Waals surface area contributed by atoms with Crippen LogP contribution >= 0.6 is 11.3 Å². The molecule has 0 aliphatic carbocycles. The Balaban J connectivity index is 1.55. The van der Waals surface area contributed by atoms with Gasteiger partial charge in [0, 0.05) is 66.8 Å². The molecule has 0 spiro atoms. The zero-order chi connectivity index (χ0) is 38.4. The molecule has 11 heteroatoms. The standard InChI is InChI=1S/C42H61N7O3S/c1-11-19-42(6,7)25-32-31-23-29(17-18-35(31)48(12-2)39(32)30-16-15-20-43-37(30)28(5)52-10)34-26-53-36(45-34)24-33(41(51)49-22-14-13-21-44-49)46-40(50)38(27(3)4)47(8)9/h15-18,20,23,26-28,33,38,44H,11-14,19,21-22,24-25H2,1-10H3,(H,46,50). The molecule has 4 aromatic rings. The predicted octanol–water partition coefficient (Wildman–Crippen LogP) is 7.66. The number of amides is 2. The SMILES string of the molecule is CCCC(C)(C)Cc1c(-c2cccnc2C(C)OC)n(CC)c2ccc(-c3csc(CC(NC(=O)C(C(C)C)N(C)C)C(=O)N4CCCCN4)n3)cc12. The number of hydrogen-bond donors (Lipinski definition) is 2. The Morgan fingerprint density at radius 3 is 2.55 bits per heavy atom. The van der Waals surface area contributed by atoms with E-state index in [1.165, 1.54) is 33.5 Å². The number of hydrazine groups is 1. The molecule has 0 bridgehead atoms. The number of thiazole rings is 1. The fourth-order valence-corrected chi connectivity index (χ4v) is 8.91. The van der Waals surface area contributed by atoms with Crippen LogP contribution in [-0.2, 0) is 33.7 Å². The maximum absolute atomic E-state index is 13.9. The second-order valence-electron chi connectivity index (χ2n) is 15.9. The zero-order valence-corrected chi connectivity index (χ0v) is 34.4. The summed E-state index contributed by atoms with van der Waals surface area (Å²) in [6.07, 6.45) is 7.12. The Morgan fingerprint density at radius 2 is 1.91 bits per heavy atom. The van der Waals surface area contributed by atoms with Gasteiger partial charge in [-0.05, 0) is 94.8 Å². The minimum Gasteiger partial charge on any atom is -0.375 e. The van der Waals surface area contributed by atoms with E-state index in [0.717, 1.165) is 72.7 Å². The first-order chi connectivity index (χ1) is 25.3. The number of hydrogen-bond acceptors (Lipinski definition) is 8. The Morgan fingerprint density at radius 1 is 1.13 bits per heavy atom. The summed E-state index contributed by atoms with van der Waals surface area (Å²) in [6, 6.07) is 9.80. The zero-order valence-electron chi connectivity index (χ0n) is 33.6. The molecule has 3 unspecified atom stereocenters. The van der Waals surface area contributed by atoms with Crippen LogP contribution < -0.4 is 10.7 Å². The van der Waals surface area contributed by atoms with Gasteiger partial charge in [-0.15, -0.1) is 11.3 Å². The van der Waals surface area contributed by atoms with E-state index in [2.05, 4.69) is 79.6 Å².